The van der Waals surface area contributed by atoms with E-state index in [1.54, 1.807) is 6.92 Å². The summed E-state index contributed by atoms with van der Waals surface area (Å²) >= 11 is 0. The Balaban J connectivity index is 2.99. The normalized spacial score (nSPS) is 9.71. The van der Waals surface area contributed by atoms with Crippen molar-refractivity contribution in [3.8, 4) is 11.5 Å². The molecule has 3 nitrogen and oxygen atoms in total. The molecule has 1 aromatic carbocycles. The van der Waals surface area contributed by atoms with Crippen molar-refractivity contribution in [2.75, 3.05) is 6.61 Å². The van der Waals surface area contributed by atoms with E-state index in [4.69, 9.17) is 9.76 Å². The number of ether oxygens (including phenoxy) is 1. The molecule has 0 unspecified atom stereocenters. The van der Waals surface area contributed by atoms with Gasteiger partial charge in [0.05, 0.1) is 6.61 Å². The van der Waals surface area contributed by atoms with Crippen LogP contribution in [0.5, 0.6) is 11.5 Å². The topological polar surface area (TPSA) is 38.7 Å². The lowest BCUT2D eigenvalue weighted by atomic mass is 10.2. The van der Waals surface area contributed by atoms with Gasteiger partial charge in [0.15, 0.2) is 5.75 Å². The molecule has 14 heavy (non-hydrogen) atoms. The van der Waals surface area contributed by atoms with Crippen LogP contribution in [0.3, 0.4) is 0 Å². The number of hydrogen-bond acceptors (Lipinski definition) is 3. The number of rotatable bonds is 4. The maximum Gasteiger partial charge on any atom is 0.504 e. The highest BCUT2D eigenvalue weighted by Gasteiger charge is 2.14. The fourth-order valence-electron chi connectivity index (χ4n) is 0.962. The molecule has 0 spiro atoms. The summed E-state index contributed by atoms with van der Waals surface area (Å²) in [6.45, 7) is 1.91. The van der Waals surface area contributed by atoms with Gasteiger partial charge in [0.25, 0.3) is 0 Å². The Labute approximate surface area is 80.6 Å². The summed E-state index contributed by atoms with van der Waals surface area (Å²) in [5.74, 6) is -2.79. The minimum atomic E-state index is -1.16. The summed E-state index contributed by atoms with van der Waals surface area (Å²) in [5.41, 5.74) is 0. The van der Waals surface area contributed by atoms with Gasteiger partial charge in [-0.05, 0) is 19.1 Å². The first-order valence-electron chi connectivity index (χ1n) is 4.05. The minimum absolute atomic E-state index is 0.171. The van der Waals surface area contributed by atoms with Crippen molar-refractivity contribution in [3.05, 3.63) is 23.8 Å². The van der Waals surface area contributed by atoms with Gasteiger partial charge >= 0.3 is 7.69 Å². The van der Waals surface area contributed by atoms with E-state index in [9.17, 15) is 8.78 Å². The fraction of sp³-hybridized carbons (Fsp3) is 0.250. The molecule has 0 aliphatic carbocycles. The van der Waals surface area contributed by atoms with Crippen molar-refractivity contribution in [3.63, 3.8) is 0 Å². The van der Waals surface area contributed by atoms with E-state index in [0.717, 1.165) is 0 Å². The van der Waals surface area contributed by atoms with Crippen LogP contribution in [0.2, 0.25) is 0 Å². The molecular formula is C8H9BF2O3. The largest absolute Gasteiger partial charge is 0.537 e. The van der Waals surface area contributed by atoms with Gasteiger partial charge in [0.1, 0.15) is 5.75 Å². The maximum absolute atomic E-state index is 13.1. The summed E-state index contributed by atoms with van der Waals surface area (Å²) < 4.78 is 35.4. The Bertz CT molecular complexity index is 289. The van der Waals surface area contributed by atoms with Crippen LogP contribution in [0.25, 0.3) is 0 Å². The summed E-state index contributed by atoms with van der Waals surface area (Å²) in [6.07, 6.45) is 0. The van der Waals surface area contributed by atoms with Gasteiger partial charge in [0, 0.05) is 0 Å². The highest BCUT2D eigenvalue weighted by molar-refractivity contribution is 6.17. The molecule has 0 fully saturated rings. The van der Waals surface area contributed by atoms with E-state index in [1.807, 2.05) is 0 Å². The van der Waals surface area contributed by atoms with Crippen molar-refractivity contribution >= 4 is 7.69 Å². The molecule has 0 saturated carbocycles. The zero-order valence-corrected chi connectivity index (χ0v) is 7.59. The standard InChI is InChI=1S/C8H9BF2O3/c1-2-13-5-3-4-6(14-9-12)8(11)7(5)10/h3-4,9,12H,2H2,1H3. The summed E-state index contributed by atoms with van der Waals surface area (Å²) in [4.78, 5) is 0. The summed E-state index contributed by atoms with van der Waals surface area (Å²) in [6, 6.07) is 2.44. The Kier molecular flexibility index (Phi) is 3.70. The quantitative estimate of drug-likeness (QED) is 0.740. The van der Waals surface area contributed by atoms with Gasteiger partial charge in [-0.1, -0.05) is 0 Å². The average Bonchev–Trinajstić information content (AvgIpc) is 2.18. The Morgan fingerprint density at radius 1 is 1.29 bits per heavy atom. The van der Waals surface area contributed by atoms with Crippen LogP contribution in [0.15, 0.2) is 12.1 Å². The smallest absolute Gasteiger partial charge is 0.504 e. The zero-order valence-electron chi connectivity index (χ0n) is 7.59. The second-order valence-electron chi connectivity index (χ2n) is 2.40. The lowest BCUT2D eigenvalue weighted by Gasteiger charge is -2.08. The van der Waals surface area contributed by atoms with Crippen molar-refractivity contribution in [1.82, 2.24) is 0 Å². The Morgan fingerprint density at radius 3 is 2.43 bits per heavy atom. The van der Waals surface area contributed by atoms with E-state index in [0.29, 0.717) is 0 Å². The lowest BCUT2D eigenvalue weighted by Crippen LogP contribution is -2.04. The molecule has 0 atom stereocenters. The van der Waals surface area contributed by atoms with E-state index in [2.05, 4.69) is 4.65 Å². The number of benzene rings is 1. The molecule has 76 valence electrons. The van der Waals surface area contributed by atoms with Gasteiger partial charge in [0.2, 0.25) is 11.6 Å². The van der Waals surface area contributed by atoms with E-state index in [1.165, 1.54) is 12.1 Å². The summed E-state index contributed by atoms with van der Waals surface area (Å²) in [5, 5.41) is 8.37. The SMILES string of the molecule is CCOc1ccc(OBO)c(F)c1F. The lowest BCUT2D eigenvalue weighted by molar-refractivity contribution is 0.310. The van der Waals surface area contributed by atoms with E-state index in [-0.39, 0.29) is 18.1 Å². The molecule has 1 aromatic rings. The average molecular weight is 202 g/mol. The zero-order chi connectivity index (χ0) is 10.6. The first-order valence-corrected chi connectivity index (χ1v) is 4.05. The van der Waals surface area contributed by atoms with Crippen LogP contribution in [0, 0.1) is 11.6 Å². The molecule has 0 heterocycles. The van der Waals surface area contributed by atoms with Crippen molar-refractivity contribution in [2.24, 2.45) is 0 Å². The van der Waals surface area contributed by atoms with Crippen LogP contribution in [-0.2, 0) is 0 Å². The molecule has 0 aliphatic rings. The molecule has 1 N–H and O–H groups in total. The first kappa shape index (κ1) is 10.8. The molecule has 6 heteroatoms. The molecular weight excluding hydrogens is 193 g/mol. The predicted octanol–water partition coefficient (Wildman–Crippen LogP) is 1.00. The first-order chi connectivity index (χ1) is 6.70. The van der Waals surface area contributed by atoms with Crippen LogP contribution < -0.4 is 9.39 Å². The van der Waals surface area contributed by atoms with Gasteiger partial charge in [-0.2, -0.15) is 8.78 Å². The Morgan fingerprint density at radius 2 is 1.86 bits per heavy atom. The molecule has 1 rings (SSSR count). The van der Waals surface area contributed by atoms with Gasteiger partial charge in [-0.25, -0.2) is 0 Å². The monoisotopic (exact) mass is 202 g/mol. The van der Waals surface area contributed by atoms with E-state index < -0.39 is 19.3 Å². The van der Waals surface area contributed by atoms with Crippen LogP contribution in [-0.4, -0.2) is 19.3 Å². The van der Waals surface area contributed by atoms with Crippen LogP contribution in [0.1, 0.15) is 6.92 Å². The number of hydrogen-bond donors (Lipinski definition) is 1. The maximum atomic E-state index is 13.1. The second-order valence-corrected chi connectivity index (χ2v) is 2.40. The molecule has 0 aromatic heterocycles. The predicted molar refractivity (Wildman–Crippen MR) is 47.5 cm³/mol. The van der Waals surface area contributed by atoms with Crippen LogP contribution in [0.4, 0.5) is 8.78 Å². The van der Waals surface area contributed by atoms with Crippen LogP contribution >= 0.6 is 0 Å². The minimum Gasteiger partial charge on any atom is -0.537 e. The third-order valence-corrected chi connectivity index (χ3v) is 1.53. The van der Waals surface area contributed by atoms with Gasteiger partial charge < -0.3 is 14.4 Å². The third kappa shape index (κ3) is 2.14. The third-order valence-electron chi connectivity index (χ3n) is 1.53. The molecule has 0 bridgehead atoms. The van der Waals surface area contributed by atoms with Crippen molar-refractivity contribution in [2.45, 2.75) is 6.92 Å². The second kappa shape index (κ2) is 4.81. The van der Waals surface area contributed by atoms with Gasteiger partial charge in [-0.3, -0.25) is 0 Å². The fourth-order valence-corrected chi connectivity index (χ4v) is 0.962. The van der Waals surface area contributed by atoms with E-state index >= 15 is 0 Å². The molecule has 0 saturated heterocycles. The Hall–Kier alpha value is -1.30. The molecule has 0 amide bonds. The molecule has 0 aliphatic heterocycles. The molecule has 0 radical (unpaired) electrons. The highest BCUT2D eigenvalue weighted by Crippen LogP contribution is 2.27. The highest BCUT2D eigenvalue weighted by atomic mass is 19.2. The van der Waals surface area contributed by atoms with Gasteiger partial charge in [-0.15, -0.1) is 0 Å². The number of halogens is 2. The van der Waals surface area contributed by atoms with Crippen molar-refractivity contribution < 1.29 is 23.2 Å². The summed E-state index contributed by atoms with van der Waals surface area (Å²) in [7, 11) is -0.704. The van der Waals surface area contributed by atoms with Crippen molar-refractivity contribution in [1.29, 1.82) is 0 Å².